The molecule has 0 aromatic carbocycles. The van der Waals surface area contributed by atoms with E-state index in [4.69, 9.17) is 62.6 Å². The Morgan fingerprint density at radius 1 is 0.232 bits per heavy atom. The van der Waals surface area contributed by atoms with E-state index in [2.05, 4.69) is 63.8 Å². The third-order valence-electron chi connectivity index (χ3n) is 24.4. The van der Waals surface area contributed by atoms with E-state index in [9.17, 15) is 154 Å². The van der Waals surface area contributed by atoms with Gasteiger partial charge in [0.05, 0.1) is 82.3 Å². The van der Waals surface area contributed by atoms with Crippen LogP contribution < -0.4 is 69.5 Å². The molecule has 56 heteroatoms. The topological polar surface area (TPSA) is 867 Å². The number of ketones is 1. The smallest absolute Gasteiger partial charge is 0.242 e. The summed E-state index contributed by atoms with van der Waals surface area (Å²) in [7, 11) is 0. The van der Waals surface area contributed by atoms with Crippen molar-refractivity contribution in [2.45, 2.75) is 378 Å². The molecule has 6 heterocycles. The van der Waals surface area contributed by atoms with Crippen molar-refractivity contribution in [2.24, 2.45) is 5.73 Å². The van der Waals surface area contributed by atoms with Crippen molar-refractivity contribution in [1.29, 1.82) is 0 Å². The van der Waals surface area contributed by atoms with Crippen molar-refractivity contribution in [3.63, 3.8) is 0 Å². The fourth-order valence-corrected chi connectivity index (χ4v) is 15.5. The number of carbonyl (C=O) groups is 13. The summed E-state index contributed by atoms with van der Waals surface area (Å²) in [4.78, 5) is 180. The number of hydrogen-bond acceptors (Lipinski definition) is 44. The Labute approximate surface area is 817 Å². The number of nitrogens with two attached hydrogens (primary N) is 1. The van der Waals surface area contributed by atoms with Crippen LogP contribution in [0.4, 0.5) is 0 Å². The second-order valence-corrected chi connectivity index (χ2v) is 35.6. The van der Waals surface area contributed by atoms with Crippen LogP contribution in [0.3, 0.4) is 0 Å². The molecule has 12 amide bonds. The van der Waals surface area contributed by atoms with Gasteiger partial charge in [0, 0.05) is 84.2 Å². The normalized spacial score (nSPS) is 32.2. The van der Waals surface area contributed by atoms with Gasteiger partial charge in [-0.2, -0.15) is 0 Å². The van der Waals surface area contributed by atoms with Gasteiger partial charge >= 0.3 is 0 Å². The number of aliphatic hydroxyl groups excluding tert-OH is 18. The van der Waals surface area contributed by atoms with E-state index in [0.29, 0.717) is 25.8 Å². The van der Waals surface area contributed by atoms with Gasteiger partial charge in [0.1, 0.15) is 140 Å². The van der Waals surface area contributed by atoms with Gasteiger partial charge in [-0.05, 0) is 119 Å². The predicted molar refractivity (Wildman–Crippen MR) is 478 cm³/mol. The number of hydrogen-bond donors (Lipinski definition) is 31. The first-order chi connectivity index (χ1) is 67.2. The molecule has 816 valence electrons. The van der Waals surface area contributed by atoms with E-state index in [-0.39, 0.29) is 57.7 Å². The van der Waals surface area contributed by atoms with E-state index in [1.807, 2.05) is 0 Å². The average Bonchev–Trinajstić information content (AvgIpc) is 0.843. The van der Waals surface area contributed by atoms with Crippen LogP contribution in [-0.4, -0.2) is 475 Å². The highest BCUT2D eigenvalue weighted by Crippen LogP contribution is 2.29. The predicted octanol–water partition coefficient (Wildman–Crippen LogP) is -15.2. The quantitative estimate of drug-likeness (QED) is 0.0251. The Bertz CT molecular complexity index is 3920. The molecule has 6 aliphatic rings. The zero-order chi connectivity index (χ0) is 105. The van der Waals surface area contributed by atoms with Crippen LogP contribution in [0.2, 0.25) is 0 Å². The minimum Gasteiger partial charge on any atom is -0.388 e. The minimum absolute atomic E-state index is 0.0809. The third kappa shape index (κ3) is 39.7. The SMILES string of the molecule is CC(=O)[C@H](CCCCN)NC(=O)CCCCC(=O)N[C@@H](CCC(=O)N[C@@H](CCC(=O)N[C@@H](CCC(=O)N[C@@H](CCC(=O)N[C@@H](CCC(=O)NCCO[C@@H]1O[C@@H](C)[C@@H](O)[C@@H](O)[C@@H]1O)C(=O)NCCO[C@@H]1O[C@@H](C)[C@@H](O)[C@@H](O)[C@@H]1O)C(=O)NCCO[C@@H]1O[C@@H](C)[C@@H](O)[C@@H](O)[C@@H]1O)C(=O)NCCO[C@@H]1O[C@@H](C)[C@@H](O)[C@@H](O)[C@@H]1O)C(=O)NCCO[C@@H]1O[C@@H](C)[C@@H](O)[C@@H](O)[C@@H]1O)C(=O)NCCO[C@@H]1O[C@@H](C)[C@@H](O)[C@@H](O)[C@@H]1O. The van der Waals surface area contributed by atoms with Crippen molar-refractivity contribution in [2.75, 3.05) is 85.5 Å². The number of unbranched alkanes of at least 4 members (excludes halogenated alkanes) is 2. The molecule has 0 spiro atoms. The molecular weight excluding hydrogens is 1900 g/mol. The largest absolute Gasteiger partial charge is 0.388 e. The average molecular weight is 2050 g/mol. The van der Waals surface area contributed by atoms with Crippen LogP contribution in [0.1, 0.15) is 158 Å². The van der Waals surface area contributed by atoms with Crippen LogP contribution in [0.5, 0.6) is 0 Å². The zero-order valence-corrected chi connectivity index (χ0v) is 80.3. The summed E-state index contributed by atoms with van der Waals surface area (Å²) in [6.45, 7) is 5.19. The first kappa shape index (κ1) is 123. The molecule has 0 saturated carbocycles. The van der Waals surface area contributed by atoms with E-state index in [0.717, 1.165) is 0 Å². The molecule has 6 fully saturated rings. The number of nitrogens with one attached hydrogen (secondary N) is 12. The molecule has 0 aliphatic carbocycles. The molecule has 6 saturated heterocycles. The van der Waals surface area contributed by atoms with Crippen molar-refractivity contribution < 1.29 is 211 Å². The number of amides is 12. The fraction of sp³-hybridized carbons (Fsp3) is 0.849. The molecule has 32 N–H and O–H groups in total. The maximum Gasteiger partial charge on any atom is 0.242 e. The van der Waals surface area contributed by atoms with Gasteiger partial charge < -0.3 is 218 Å². The Hall–Kier alpha value is -7.93. The molecular formula is C86H149N13O43. The molecule has 142 heavy (non-hydrogen) atoms. The van der Waals surface area contributed by atoms with Crippen LogP contribution >= 0.6 is 0 Å². The highest BCUT2D eigenvalue weighted by molar-refractivity contribution is 5.93. The van der Waals surface area contributed by atoms with Gasteiger partial charge in [-0.1, -0.05) is 0 Å². The molecule has 0 aromatic rings. The van der Waals surface area contributed by atoms with Crippen LogP contribution in [0, 0.1) is 0 Å². The molecule has 6 aliphatic heterocycles. The van der Waals surface area contributed by atoms with Crippen molar-refractivity contribution in [3.8, 4) is 0 Å². The molecule has 0 aromatic heterocycles. The monoisotopic (exact) mass is 2050 g/mol. The third-order valence-corrected chi connectivity index (χ3v) is 24.4. The van der Waals surface area contributed by atoms with Gasteiger partial charge in [-0.25, -0.2) is 0 Å². The minimum atomic E-state index is -1.80. The van der Waals surface area contributed by atoms with Crippen LogP contribution in [0.25, 0.3) is 0 Å². The molecule has 36 atom stereocenters. The highest BCUT2D eigenvalue weighted by Gasteiger charge is 2.49. The fourth-order valence-electron chi connectivity index (χ4n) is 15.5. The number of rotatable bonds is 60. The van der Waals surface area contributed by atoms with Gasteiger partial charge in [0.2, 0.25) is 70.9 Å². The zero-order valence-electron chi connectivity index (χ0n) is 80.3. The molecule has 0 unspecified atom stereocenters. The lowest BCUT2D eigenvalue weighted by Gasteiger charge is -2.38. The van der Waals surface area contributed by atoms with E-state index >= 15 is 0 Å². The first-order valence-electron chi connectivity index (χ1n) is 47.7. The summed E-state index contributed by atoms with van der Waals surface area (Å²) in [5, 5.41) is 217. The summed E-state index contributed by atoms with van der Waals surface area (Å²) >= 11 is 0. The first-order valence-corrected chi connectivity index (χ1v) is 47.7. The number of Topliss-reactive ketones (excluding diaryl/α,β-unsaturated/α-hetero) is 1. The summed E-state index contributed by atoms with van der Waals surface area (Å²) in [6, 6.07) is -9.18. The summed E-state index contributed by atoms with van der Waals surface area (Å²) in [5.74, 6) is -11.3. The van der Waals surface area contributed by atoms with Crippen LogP contribution in [-0.2, 0) is 119 Å². The van der Waals surface area contributed by atoms with Gasteiger partial charge in [0.15, 0.2) is 43.5 Å². The Balaban J connectivity index is 1.22. The van der Waals surface area contributed by atoms with Gasteiger partial charge in [0.25, 0.3) is 0 Å². The highest BCUT2D eigenvalue weighted by atomic mass is 16.7. The summed E-state index contributed by atoms with van der Waals surface area (Å²) in [6.07, 6.45) is -49.8. The standard InChI is InChI=1S/C86H149N13O43/c1-38(100)45(12-10-11-25-87)94-52(102)13-8-9-14-53(103)95-47(77(127)90-28-34-133-83-72(122)66(116)60(110)41(4)139-83)16-21-55(105)97-49(79(129)92-30-36-135-85-74(124)68(118)62(112)43(6)141-85)18-23-57(107)99-50(80(130)93-31-37-136-86-75(125)69(119)63(113)44(7)142-86)19-24-56(106)98-48(78(128)91-29-35-134-84-73(123)67(117)61(111)42(5)140-84)17-22-54(104)96-46(76(126)89-27-33-132-82-71(121)65(115)59(109)40(3)138-82)15-20-51(101)88-26-32-131-81-70(120)64(114)58(108)39(2)137-81/h39-50,58-75,81-86,108-125H,8-37,87H2,1-7H3,(H,88,101)(H,89,126)(H,90,127)(H,91,128)(H,92,129)(H,93,130)(H,94,102)(H,95,103)(H,96,104)(H,97,105)(H,98,106)(H,99,107)/t39-,40-,41-,42-,43-,44-,45-,46-,47-,48-,49-,50-,58+,59+,60+,61+,62+,63+,64+,65+,66+,67+,68+,69+,70-,71-,72-,73-,74-,75-,81+,82+,83+,84+,85+,86+/m0/s1. The van der Waals surface area contributed by atoms with Gasteiger partial charge in [-0.3, -0.25) is 62.3 Å². The van der Waals surface area contributed by atoms with Crippen LogP contribution in [0.15, 0.2) is 0 Å². The van der Waals surface area contributed by atoms with E-state index < -0.39 is 408 Å². The Morgan fingerprint density at radius 2 is 0.415 bits per heavy atom. The van der Waals surface area contributed by atoms with E-state index in [1.165, 1.54) is 48.5 Å². The number of carbonyl (C=O) groups excluding carboxylic acids is 13. The lowest BCUT2D eigenvalue weighted by atomic mass is 10.0. The van der Waals surface area contributed by atoms with Gasteiger partial charge in [-0.15, -0.1) is 0 Å². The number of ether oxygens (including phenoxy) is 12. The second-order valence-electron chi connectivity index (χ2n) is 35.6. The summed E-state index contributed by atoms with van der Waals surface area (Å²) < 4.78 is 66.0. The maximum atomic E-state index is 14.4. The Kier molecular flexibility index (Phi) is 53.8. The van der Waals surface area contributed by atoms with Crippen molar-refractivity contribution >= 4 is 76.7 Å². The molecule has 6 rings (SSSR count). The second kappa shape index (κ2) is 62.3. The van der Waals surface area contributed by atoms with Crippen molar-refractivity contribution in [3.05, 3.63) is 0 Å². The van der Waals surface area contributed by atoms with Crippen molar-refractivity contribution in [1.82, 2.24) is 63.8 Å². The molecule has 0 radical (unpaired) electrons. The molecule has 0 bridgehead atoms. The maximum absolute atomic E-state index is 14.4. The lowest BCUT2D eigenvalue weighted by molar-refractivity contribution is -0.292. The summed E-state index contributed by atoms with van der Waals surface area (Å²) in [5.41, 5.74) is 5.59. The Morgan fingerprint density at radius 3 is 0.613 bits per heavy atom. The number of aliphatic hydroxyl groups is 18. The lowest BCUT2D eigenvalue weighted by Crippen LogP contribution is -2.57. The van der Waals surface area contributed by atoms with E-state index in [1.54, 1.807) is 0 Å². The molecule has 56 nitrogen and oxygen atoms in total.